The monoisotopic (exact) mass is 402 g/mol. The number of nitrogens with zero attached hydrogens (tertiary/aromatic N) is 3. The maximum Gasteiger partial charge on any atom is 0.271 e. The third-order valence-electron chi connectivity index (χ3n) is 3.96. The molecule has 7 nitrogen and oxygen atoms in total. The lowest BCUT2D eigenvalue weighted by Crippen LogP contribution is -2.13. The van der Waals surface area contributed by atoms with Gasteiger partial charge in [-0.05, 0) is 47.5 Å². The number of nitrogens with one attached hydrogen (secondary N) is 1. The van der Waals surface area contributed by atoms with Gasteiger partial charge in [-0.3, -0.25) is 14.9 Å². The fraction of sp³-hybridized carbons (Fsp3) is 0.176. The number of nitro groups is 1. The van der Waals surface area contributed by atoms with Gasteiger partial charge in [-0.25, -0.2) is 4.98 Å². The Hall–Kier alpha value is -2.74. The highest BCUT2D eigenvalue weighted by Gasteiger charge is 2.15. The van der Waals surface area contributed by atoms with E-state index >= 15 is 0 Å². The summed E-state index contributed by atoms with van der Waals surface area (Å²) >= 11 is 3.29. The topological polar surface area (TPSA) is 89.5 Å². The minimum atomic E-state index is -0.505. The first kappa shape index (κ1) is 17.1. The molecule has 8 heteroatoms. The van der Waals surface area contributed by atoms with E-state index in [-0.39, 0.29) is 11.6 Å². The Kier molecular flexibility index (Phi) is 4.54. The highest BCUT2D eigenvalue weighted by Crippen LogP contribution is 2.27. The van der Waals surface area contributed by atoms with E-state index in [2.05, 4.69) is 26.2 Å². The van der Waals surface area contributed by atoms with Crippen LogP contribution < -0.4 is 5.32 Å². The summed E-state index contributed by atoms with van der Waals surface area (Å²) in [5.74, 6) is -0.353. The molecule has 0 aliphatic heterocycles. The van der Waals surface area contributed by atoms with E-state index in [4.69, 9.17) is 0 Å². The van der Waals surface area contributed by atoms with E-state index in [9.17, 15) is 14.9 Å². The van der Waals surface area contributed by atoms with Gasteiger partial charge in [0, 0.05) is 28.5 Å². The minimum absolute atomic E-state index is 0.0907. The molecule has 0 aliphatic carbocycles. The molecule has 0 saturated heterocycles. The molecule has 1 N–H and O–H groups in total. The van der Waals surface area contributed by atoms with Crippen molar-refractivity contribution in [3.05, 3.63) is 68.1 Å². The Morgan fingerprint density at radius 2 is 2.12 bits per heavy atom. The number of anilines is 1. The van der Waals surface area contributed by atoms with Gasteiger partial charge in [0.05, 0.1) is 21.9 Å². The van der Waals surface area contributed by atoms with Gasteiger partial charge in [0.15, 0.2) is 0 Å². The van der Waals surface area contributed by atoms with Crippen molar-refractivity contribution >= 4 is 38.9 Å². The lowest BCUT2D eigenvalue weighted by atomic mass is 10.2. The molecule has 3 rings (SSSR count). The molecule has 25 heavy (non-hydrogen) atoms. The molecular formula is C17H15BrN4O3. The van der Waals surface area contributed by atoms with Gasteiger partial charge >= 0.3 is 0 Å². The van der Waals surface area contributed by atoms with Crippen molar-refractivity contribution in [1.82, 2.24) is 9.38 Å². The SMILES string of the molecule is CCc1nc2ccc(C(=O)Nc3cc([N+](=O)[O-])ccc3Br)cn2c1C. The maximum absolute atomic E-state index is 12.5. The number of imidazole rings is 1. The minimum Gasteiger partial charge on any atom is -0.321 e. The van der Waals surface area contributed by atoms with Crippen LogP contribution in [-0.4, -0.2) is 20.2 Å². The van der Waals surface area contributed by atoms with Crippen molar-refractivity contribution in [2.24, 2.45) is 0 Å². The van der Waals surface area contributed by atoms with Crippen LogP contribution in [-0.2, 0) is 6.42 Å². The van der Waals surface area contributed by atoms with Crippen molar-refractivity contribution in [3.63, 3.8) is 0 Å². The largest absolute Gasteiger partial charge is 0.321 e. The molecule has 1 amide bonds. The lowest BCUT2D eigenvalue weighted by Gasteiger charge is -2.08. The average molecular weight is 403 g/mol. The van der Waals surface area contributed by atoms with Crippen molar-refractivity contribution in [2.75, 3.05) is 5.32 Å². The van der Waals surface area contributed by atoms with Crippen LogP contribution in [0.3, 0.4) is 0 Å². The zero-order chi connectivity index (χ0) is 18.1. The number of rotatable bonds is 4. The first-order valence-electron chi connectivity index (χ1n) is 7.63. The molecule has 128 valence electrons. The van der Waals surface area contributed by atoms with Crippen LogP contribution in [0, 0.1) is 17.0 Å². The average Bonchev–Trinajstić information content (AvgIpc) is 2.92. The van der Waals surface area contributed by atoms with Crippen LogP contribution in [0.15, 0.2) is 41.0 Å². The number of aromatic nitrogens is 2. The number of non-ortho nitro benzene ring substituents is 1. The van der Waals surface area contributed by atoms with Crippen molar-refractivity contribution in [1.29, 1.82) is 0 Å². The number of hydrogen-bond acceptors (Lipinski definition) is 4. The van der Waals surface area contributed by atoms with Gasteiger partial charge < -0.3 is 9.72 Å². The molecule has 0 radical (unpaired) electrons. The van der Waals surface area contributed by atoms with Crippen molar-refractivity contribution in [2.45, 2.75) is 20.3 Å². The lowest BCUT2D eigenvalue weighted by molar-refractivity contribution is -0.384. The molecule has 1 aromatic carbocycles. The molecule has 0 unspecified atom stereocenters. The van der Waals surface area contributed by atoms with Gasteiger partial charge in [0.25, 0.3) is 11.6 Å². The molecule has 0 bridgehead atoms. The number of carbonyl (C=O) groups excluding carboxylic acids is 1. The molecule has 0 saturated carbocycles. The van der Waals surface area contributed by atoms with Crippen molar-refractivity contribution in [3.8, 4) is 0 Å². The van der Waals surface area contributed by atoms with Crippen LogP contribution in [0.25, 0.3) is 5.65 Å². The number of benzene rings is 1. The van der Waals surface area contributed by atoms with E-state index < -0.39 is 4.92 Å². The first-order valence-corrected chi connectivity index (χ1v) is 8.43. The molecule has 3 aromatic rings. The smallest absolute Gasteiger partial charge is 0.271 e. The Balaban J connectivity index is 1.94. The standard InChI is InChI=1S/C17H15BrN4O3/c1-3-14-10(2)21-9-11(4-7-16(21)19-14)17(23)20-15-8-12(22(24)25)5-6-13(15)18/h4-9H,3H2,1-2H3,(H,20,23). The third-order valence-corrected chi connectivity index (χ3v) is 4.65. The molecule has 0 atom stereocenters. The van der Waals surface area contributed by atoms with Gasteiger partial charge in [0.2, 0.25) is 0 Å². The Bertz CT molecular complexity index is 997. The highest BCUT2D eigenvalue weighted by atomic mass is 79.9. The van der Waals surface area contributed by atoms with Gasteiger partial charge in [-0.2, -0.15) is 0 Å². The Morgan fingerprint density at radius 3 is 2.80 bits per heavy atom. The van der Waals surface area contributed by atoms with Crippen LogP contribution in [0.1, 0.15) is 28.7 Å². The predicted molar refractivity (Wildman–Crippen MR) is 98.1 cm³/mol. The third kappa shape index (κ3) is 3.25. The zero-order valence-corrected chi connectivity index (χ0v) is 15.2. The fourth-order valence-electron chi connectivity index (χ4n) is 2.60. The van der Waals surface area contributed by atoms with Crippen molar-refractivity contribution < 1.29 is 9.72 Å². The number of halogens is 1. The summed E-state index contributed by atoms with van der Waals surface area (Å²) in [5.41, 5.74) is 3.45. The normalized spacial score (nSPS) is 10.8. The number of amides is 1. The number of carbonyl (C=O) groups is 1. The highest BCUT2D eigenvalue weighted by molar-refractivity contribution is 9.10. The zero-order valence-electron chi connectivity index (χ0n) is 13.6. The second-order valence-electron chi connectivity index (χ2n) is 5.52. The number of nitro benzene ring substituents is 1. The maximum atomic E-state index is 12.5. The van der Waals surface area contributed by atoms with Crippen LogP contribution >= 0.6 is 15.9 Å². The van der Waals surface area contributed by atoms with Crippen LogP contribution in [0.5, 0.6) is 0 Å². The molecule has 2 aromatic heterocycles. The van der Waals surface area contributed by atoms with Gasteiger partial charge in [-0.15, -0.1) is 0 Å². The summed E-state index contributed by atoms with van der Waals surface area (Å²) < 4.78 is 2.44. The van der Waals surface area contributed by atoms with Crippen LogP contribution in [0.2, 0.25) is 0 Å². The summed E-state index contributed by atoms with van der Waals surface area (Å²) in [6.45, 7) is 3.99. The Labute approximate surface area is 152 Å². The van der Waals surface area contributed by atoms with E-state index in [1.807, 2.05) is 18.2 Å². The van der Waals surface area contributed by atoms with E-state index in [0.29, 0.717) is 15.7 Å². The summed E-state index contributed by atoms with van der Waals surface area (Å²) in [4.78, 5) is 27.4. The predicted octanol–water partition coefficient (Wildman–Crippen LogP) is 4.13. The summed E-state index contributed by atoms with van der Waals surface area (Å²) in [6.07, 6.45) is 2.53. The van der Waals surface area contributed by atoms with Crippen LogP contribution in [0.4, 0.5) is 11.4 Å². The first-order chi connectivity index (χ1) is 11.9. The molecule has 0 spiro atoms. The number of pyridine rings is 1. The number of aryl methyl sites for hydroxylation is 2. The summed E-state index contributed by atoms with van der Waals surface area (Å²) in [7, 11) is 0. The molecule has 0 fully saturated rings. The Morgan fingerprint density at radius 1 is 1.36 bits per heavy atom. The van der Waals surface area contributed by atoms with E-state index in [0.717, 1.165) is 23.5 Å². The fourth-order valence-corrected chi connectivity index (χ4v) is 2.94. The second-order valence-corrected chi connectivity index (χ2v) is 6.37. The quantitative estimate of drug-likeness (QED) is 0.524. The van der Waals surface area contributed by atoms with E-state index in [1.54, 1.807) is 18.3 Å². The molecule has 2 heterocycles. The second kappa shape index (κ2) is 6.64. The van der Waals surface area contributed by atoms with Gasteiger partial charge in [-0.1, -0.05) is 6.92 Å². The molecule has 0 aliphatic rings. The number of fused-ring (bicyclic) bond motifs is 1. The number of hydrogen-bond donors (Lipinski definition) is 1. The summed E-state index contributed by atoms with van der Waals surface area (Å²) in [5, 5.41) is 13.6. The molecular weight excluding hydrogens is 388 g/mol. The van der Waals surface area contributed by atoms with E-state index in [1.165, 1.54) is 18.2 Å². The van der Waals surface area contributed by atoms with Gasteiger partial charge in [0.1, 0.15) is 5.65 Å². The summed E-state index contributed by atoms with van der Waals surface area (Å²) in [6, 6.07) is 7.68.